The first-order chi connectivity index (χ1) is 13.2. The number of aromatic amines is 1. The molecule has 1 amide bonds. The Morgan fingerprint density at radius 3 is 2.21 bits per heavy atom. The Morgan fingerprint density at radius 1 is 1.04 bits per heavy atom. The van der Waals surface area contributed by atoms with E-state index in [1.807, 2.05) is 0 Å². The number of nitrogens with one attached hydrogen (secondary N) is 2. The molecule has 8 nitrogen and oxygen atoms in total. The zero-order valence-electron chi connectivity index (χ0n) is 16.2. The molecule has 2 N–H and O–H groups in total. The van der Waals surface area contributed by atoms with Crippen molar-refractivity contribution in [2.45, 2.75) is 27.3 Å². The van der Waals surface area contributed by atoms with Crippen LogP contribution in [0.15, 0.2) is 24.3 Å². The molecule has 8 heteroatoms. The Bertz CT molecular complexity index is 912. The highest BCUT2D eigenvalue weighted by atomic mass is 16.5. The Morgan fingerprint density at radius 2 is 1.68 bits per heavy atom. The van der Waals surface area contributed by atoms with Crippen molar-refractivity contribution >= 4 is 23.6 Å². The molecule has 148 valence electrons. The molecule has 0 unspecified atom stereocenters. The molecule has 0 aliphatic heterocycles. The molecule has 28 heavy (non-hydrogen) atoms. The second-order valence-electron chi connectivity index (χ2n) is 6.22. The van der Waals surface area contributed by atoms with Crippen molar-refractivity contribution in [1.29, 1.82) is 0 Å². The SMILES string of the molecule is COC(=O)c1ccc(CNC(=O)COC(=O)c2[nH]c(C)c(C(C)=O)c2C)cc1. The number of rotatable bonds is 7. The van der Waals surface area contributed by atoms with Crippen molar-refractivity contribution in [3.05, 3.63) is 57.9 Å². The number of carbonyl (C=O) groups excluding carboxylic acids is 4. The molecule has 0 aliphatic carbocycles. The summed E-state index contributed by atoms with van der Waals surface area (Å²) in [6.07, 6.45) is 0. The van der Waals surface area contributed by atoms with Crippen LogP contribution in [0, 0.1) is 13.8 Å². The van der Waals surface area contributed by atoms with E-state index < -0.39 is 24.5 Å². The molecule has 0 saturated carbocycles. The van der Waals surface area contributed by atoms with E-state index in [4.69, 9.17) is 4.74 Å². The molecule has 0 atom stereocenters. The van der Waals surface area contributed by atoms with Crippen LogP contribution in [0.4, 0.5) is 0 Å². The fourth-order valence-corrected chi connectivity index (χ4v) is 2.81. The predicted molar refractivity (Wildman–Crippen MR) is 100 cm³/mol. The van der Waals surface area contributed by atoms with E-state index in [1.54, 1.807) is 38.1 Å². The van der Waals surface area contributed by atoms with Gasteiger partial charge in [-0.15, -0.1) is 0 Å². The number of ketones is 1. The molecule has 0 aliphatic rings. The van der Waals surface area contributed by atoms with Gasteiger partial charge in [0.15, 0.2) is 12.4 Å². The second kappa shape index (κ2) is 8.98. The lowest BCUT2D eigenvalue weighted by molar-refractivity contribution is -0.124. The second-order valence-corrected chi connectivity index (χ2v) is 6.22. The van der Waals surface area contributed by atoms with E-state index in [2.05, 4.69) is 15.0 Å². The van der Waals surface area contributed by atoms with Crippen molar-refractivity contribution in [3.63, 3.8) is 0 Å². The summed E-state index contributed by atoms with van der Waals surface area (Å²) in [7, 11) is 1.30. The van der Waals surface area contributed by atoms with Gasteiger partial charge in [-0.1, -0.05) is 12.1 Å². The molecule has 0 spiro atoms. The van der Waals surface area contributed by atoms with Gasteiger partial charge in [-0.05, 0) is 44.0 Å². The first kappa shape index (κ1) is 20.9. The first-order valence-electron chi connectivity index (χ1n) is 8.55. The molecule has 0 bridgehead atoms. The molecule has 0 saturated heterocycles. The van der Waals surface area contributed by atoms with Crippen molar-refractivity contribution in [2.75, 3.05) is 13.7 Å². The Kier molecular flexibility index (Phi) is 6.70. The number of esters is 2. The van der Waals surface area contributed by atoms with Crippen LogP contribution >= 0.6 is 0 Å². The highest BCUT2D eigenvalue weighted by Gasteiger charge is 2.21. The predicted octanol–water partition coefficient (Wildman–Crippen LogP) is 2.09. The monoisotopic (exact) mass is 386 g/mol. The van der Waals surface area contributed by atoms with Crippen LogP contribution in [0.3, 0.4) is 0 Å². The van der Waals surface area contributed by atoms with Crippen molar-refractivity contribution in [2.24, 2.45) is 0 Å². The van der Waals surface area contributed by atoms with E-state index >= 15 is 0 Å². The molecule has 0 radical (unpaired) electrons. The van der Waals surface area contributed by atoms with Gasteiger partial charge in [0.05, 0.1) is 12.7 Å². The van der Waals surface area contributed by atoms with Gasteiger partial charge in [-0.2, -0.15) is 0 Å². The summed E-state index contributed by atoms with van der Waals surface area (Å²) < 4.78 is 9.63. The third kappa shape index (κ3) is 4.85. The number of H-pyrrole nitrogens is 1. The number of methoxy groups -OCH3 is 1. The number of aryl methyl sites for hydroxylation is 1. The van der Waals surface area contributed by atoms with Crippen LogP contribution < -0.4 is 5.32 Å². The smallest absolute Gasteiger partial charge is 0.355 e. The molecule has 0 fully saturated rings. The van der Waals surface area contributed by atoms with Crippen molar-refractivity contribution < 1.29 is 28.7 Å². The number of benzene rings is 1. The number of hydrogen-bond acceptors (Lipinski definition) is 6. The van der Waals surface area contributed by atoms with Gasteiger partial charge >= 0.3 is 11.9 Å². The average molecular weight is 386 g/mol. The minimum Gasteiger partial charge on any atom is -0.465 e. The quantitative estimate of drug-likeness (QED) is 0.556. The zero-order valence-corrected chi connectivity index (χ0v) is 16.2. The van der Waals surface area contributed by atoms with Crippen LogP contribution in [0.1, 0.15) is 54.9 Å². The molecule has 2 rings (SSSR count). The van der Waals surface area contributed by atoms with Crippen LogP contribution in [0.5, 0.6) is 0 Å². The lowest BCUT2D eigenvalue weighted by Crippen LogP contribution is -2.28. The van der Waals surface area contributed by atoms with Gasteiger partial charge < -0.3 is 19.8 Å². The lowest BCUT2D eigenvalue weighted by Gasteiger charge is -2.07. The molecule has 2 aromatic rings. The molecular formula is C20H22N2O6. The van der Waals surface area contributed by atoms with E-state index in [-0.39, 0.29) is 18.0 Å². The highest BCUT2D eigenvalue weighted by Crippen LogP contribution is 2.19. The number of ether oxygens (including phenoxy) is 2. The van der Waals surface area contributed by atoms with Crippen LogP contribution in [0.25, 0.3) is 0 Å². The fraction of sp³-hybridized carbons (Fsp3) is 0.300. The summed E-state index contributed by atoms with van der Waals surface area (Å²) >= 11 is 0. The van der Waals surface area contributed by atoms with Crippen molar-refractivity contribution in [1.82, 2.24) is 10.3 Å². The van der Waals surface area contributed by atoms with Gasteiger partial charge in [0.2, 0.25) is 0 Å². The fourth-order valence-electron chi connectivity index (χ4n) is 2.81. The van der Waals surface area contributed by atoms with Crippen LogP contribution in [-0.2, 0) is 20.8 Å². The summed E-state index contributed by atoms with van der Waals surface area (Å²) in [6.45, 7) is 4.52. The number of carbonyl (C=O) groups is 4. The van der Waals surface area contributed by atoms with Gasteiger partial charge in [0, 0.05) is 17.8 Å². The highest BCUT2D eigenvalue weighted by molar-refractivity contribution is 6.01. The van der Waals surface area contributed by atoms with E-state index in [0.29, 0.717) is 22.4 Å². The third-order valence-corrected chi connectivity index (χ3v) is 4.19. The van der Waals surface area contributed by atoms with Crippen molar-refractivity contribution in [3.8, 4) is 0 Å². The minimum absolute atomic E-state index is 0.152. The van der Waals surface area contributed by atoms with E-state index in [9.17, 15) is 19.2 Å². The van der Waals surface area contributed by atoms with Gasteiger partial charge in [-0.3, -0.25) is 9.59 Å². The third-order valence-electron chi connectivity index (χ3n) is 4.19. The maximum atomic E-state index is 12.2. The zero-order chi connectivity index (χ0) is 20.8. The van der Waals surface area contributed by atoms with Gasteiger partial charge in [0.1, 0.15) is 5.69 Å². The Hall–Kier alpha value is -3.42. The Balaban J connectivity index is 1.87. The summed E-state index contributed by atoms with van der Waals surface area (Å²) in [4.78, 5) is 49.9. The van der Waals surface area contributed by atoms with E-state index in [1.165, 1.54) is 14.0 Å². The first-order valence-corrected chi connectivity index (χ1v) is 8.55. The van der Waals surface area contributed by atoms with Gasteiger partial charge in [-0.25, -0.2) is 9.59 Å². The summed E-state index contributed by atoms with van der Waals surface area (Å²) in [6, 6.07) is 6.56. The largest absolute Gasteiger partial charge is 0.465 e. The van der Waals surface area contributed by atoms with Crippen LogP contribution in [-0.4, -0.2) is 42.3 Å². The maximum Gasteiger partial charge on any atom is 0.355 e. The molecular weight excluding hydrogens is 364 g/mol. The summed E-state index contributed by atoms with van der Waals surface area (Å²) in [5, 5.41) is 2.62. The average Bonchev–Trinajstić information content (AvgIpc) is 2.98. The minimum atomic E-state index is -0.703. The molecule has 1 aromatic carbocycles. The summed E-state index contributed by atoms with van der Waals surface area (Å²) in [5.74, 6) is -1.77. The number of Topliss-reactive ketones (excluding diaryl/α,β-unsaturated/α-hetero) is 1. The normalized spacial score (nSPS) is 10.3. The summed E-state index contributed by atoms with van der Waals surface area (Å²) in [5.41, 5.74) is 2.88. The van der Waals surface area contributed by atoms with Gasteiger partial charge in [0.25, 0.3) is 5.91 Å². The number of hydrogen-bond donors (Lipinski definition) is 2. The maximum absolute atomic E-state index is 12.2. The molecule has 1 aromatic heterocycles. The lowest BCUT2D eigenvalue weighted by atomic mass is 10.1. The standard InChI is InChI=1S/C20H22N2O6/c1-11-17(13(3)23)12(2)22-18(11)20(26)28-10-16(24)21-9-14-5-7-15(8-6-14)19(25)27-4/h5-8,22H,9-10H2,1-4H3,(H,21,24). The molecule has 1 heterocycles. The Labute approximate surface area is 162 Å². The number of amides is 1. The topological polar surface area (TPSA) is 115 Å². The number of aromatic nitrogens is 1. The van der Waals surface area contributed by atoms with E-state index in [0.717, 1.165) is 5.56 Å². The van der Waals surface area contributed by atoms with Crippen LogP contribution in [0.2, 0.25) is 0 Å².